The summed E-state index contributed by atoms with van der Waals surface area (Å²) >= 11 is 6.17. The highest BCUT2D eigenvalue weighted by molar-refractivity contribution is 6.33. The van der Waals surface area contributed by atoms with Crippen molar-refractivity contribution in [3.05, 3.63) is 88.7 Å². The number of anilines is 3. The lowest BCUT2D eigenvalue weighted by molar-refractivity contribution is 0.147. The molecule has 1 fully saturated rings. The Kier molecular flexibility index (Phi) is 9.19. The van der Waals surface area contributed by atoms with Crippen LogP contribution in [0.15, 0.2) is 66.7 Å². The molecule has 4 aromatic rings. The monoisotopic (exact) mass is 589 g/mol. The quantitative estimate of drug-likeness (QED) is 0.218. The van der Waals surface area contributed by atoms with Crippen LogP contribution in [0.1, 0.15) is 24.0 Å². The van der Waals surface area contributed by atoms with E-state index in [1.54, 1.807) is 42.5 Å². The van der Waals surface area contributed by atoms with E-state index in [0.717, 1.165) is 42.6 Å². The van der Waals surface area contributed by atoms with Crippen LogP contribution in [0.5, 0.6) is 11.6 Å². The Bertz CT molecular complexity index is 1580. The van der Waals surface area contributed by atoms with Gasteiger partial charge in [-0.2, -0.15) is 4.98 Å². The number of hydrogen-bond donors (Lipinski definition) is 2. The number of hydrogen-bond acceptors (Lipinski definition) is 7. The molecular weight excluding hydrogens is 557 g/mol. The average Bonchev–Trinajstić information content (AvgIpc) is 2.95. The molecule has 42 heavy (non-hydrogen) atoms. The van der Waals surface area contributed by atoms with Gasteiger partial charge in [0, 0.05) is 35.8 Å². The third-order valence-corrected chi connectivity index (χ3v) is 7.61. The Morgan fingerprint density at radius 2 is 1.93 bits per heavy atom. The Morgan fingerprint density at radius 1 is 1.10 bits per heavy atom. The lowest BCUT2D eigenvalue weighted by Gasteiger charge is -2.29. The van der Waals surface area contributed by atoms with Crippen LogP contribution in [-0.2, 0) is 0 Å². The molecule has 3 aromatic carbocycles. The SMILES string of the molecule is Cc1cccc(-c2cc(OC(=O)Nc3ccccc3Cl)nc(Nc3ccc(OCC4CCCN(C)C4)c(F)c3)n2)c1C. The molecule has 0 bridgehead atoms. The molecule has 1 aliphatic rings. The number of piperidine rings is 1. The summed E-state index contributed by atoms with van der Waals surface area (Å²) < 4.78 is 26.4. The molecule has 1 aliphatic heterocycles. The van der Waals surface area contributed by atoms with Crippen LogP contribution in [-0.4, -0.2) is 47.7 Å². The van der Waals surface area contributed by atoms with Gasteiger partial charge in [-0.25, -0.2) is 14.2 Å². The van der Waals surface area contributed by atoms with Crippen molar-refractivity contribution >= 4 is 35.0 Å². The number of nitrogens with one attached hydrogen (secondary N) is 2. The number of amides is 1. The minimum absolute atomic E-state index is 0.00540. The minimum Gasteiger partial charge on any atom is -0.490 e. The summed E-state index contributed by atoms with van der Waals surface area (Å²) in [7, 11) is 2.09. The molecule has 1 atom stereocenters. The Morgan fingerprint density at radius 3 is 2.71 bits per heavy atom. The zero-order valence-electron chi connectivity index (χ0n) is 23.8. The predicted molar refractivity (Wildman–Crippen MR) is 163 cm³/mol. The fourth-order valence-corrected chi connectivity index (χ4v) is 5.12. The van der Waals surface area contributed by atoms with Crippen molar-refractivity contribution in [2.45, 2.75) is 26.7 Å². The van der Waals surface area contributed by atoms with E-state index in [0.29, 0.717) is 34.6 Å². The summed E-state index contributed by atoms with van der Waals surface area (Å²) in [5, 5.41) is 6.03. The van der Waals surface area contributed by atoms with Crippen LogP contribution in [0.2, 0.25) is 5.02 Å². The summed E-state index contributed by atoms with van der Waals surface area (Å²) in [6, 6.07) is 18.9. The van der Waals surface area contributed by atoms with Gasteiger partial charge in [-0.3, -0.25) is 5.32 Å². The van der Waals surface area contributed by atoms with E-state index in [4.69, 9.17) is 21.1 Å². The number of halogens is 2. The molecule has 5 rings (SSSR count). The van der Waals surface area contributed by atoms with Gasteiger partial charge in [0.15, 0.2) is 11.6 Å². The first-order valence-electron chi connectivity index (χ1n) is 13.8. The lowest BCUT2D eigenvalue weighted by atomic mass is 10.00. The van der Waals surface area contributed by atoms with E-state index in [-0.39, 0.29) is 17.6 Å². The molecular formula is C32H33ClFN5O3. The number of carbonyl (C=O) groups excluding carboxylic acids is 1. The van der Waals surface area contributed by atoms with Gasteiger partial charge in [-0.1, -0.05) is 41.9 Å². The van der Waals surface area contributed by atoms with Gasteiger partial charge in [0.25, 0.3) is 0 Å². The fourth-order valence-electron chi connectivity index (χ4n) is 4.93. The van der Waals surface area contributed by atoms with Crippen molar-refractivity contribution in [2.24, 2.45) is 5.92 Å². The Balaban J connectivity index is 1.36. The van der Waals surface area contributed by atoms with Crippen LogP contribution < -0.4 is 20.1 Å². The van der Waals surface area contributed by atoms with E-state index >= 15 is 4.39 Å². The first-order chi connectivity index (χ1) is 20.2. The number of ether oxygens (including phenoxy) is 2. The predicted octanol–water partition coefficient (Wildman–Crippen LogP) is 7.63. The zero-order chi connectivity index (χ0) is 29.6. The molecule has 1 aromatic heterocycles. The number of benzene rings is 3. The average molecular weight is 590 g/mol. The van der Waals surface area contributed by atoms with Gasteiger partial charge in [0.2, 0.25) is 11.8 Å². The van der Waals surface area contributed by atoms with E-state index in [2.05, 4.69) is 32.5 Å². The van der Waals surface area contributed by atoms with Crippen molar-refractivity contribution in [3.63, 3.8) is 0 Å². The Labute approximate surface area is 249 Å². The van der Waals surface area contributed by atoms with E-state index < -0.39 is 11.9 Å². The number of aryl methyl sites for hydroxylation is 1. The first-order valence-corrected chi connectivity index (χ1v) is 14.2. The number of likely N-dealkylation sites (tertiary alicyclic amines) is 1. The van der Waals surface area contributed by atoms with E-state index in [1.807, 2.05) is 32.0 Å². The molecule has 10 heteroatoms. The molecule has 0 radical (unpaired) electrons. The molecule has 1 saturated heterocycles. The molecule has 0 saturated carbocycles. The maximum Gasteiger partial charge on any atom is 0.418 e. The van der Waals surface area contributed by atoms with Gasteiger partial charge in [-0.15, -0.1) is 0 Å². The second kappa shape index (κ2) is 13.2. The van der Waals surface area contributed by atoms with Gasteiger partial charge < -0.3 is 19.7 Å². The van der Waals surface area contributed by atoms with E-state index in [9.17, 15) is 4.79 Å². The fraction of sp³-hybridized carbons (Fsp3) is 0.281. The highest BCUT2D eigenvalue weighted by Gasteiger charge is 2.19. The standard InChI is InChI=1S/C32H33ClFN5O3/c1-20-8-6-10-24(21(20)2)28-17-30(42-32(40)37-27-12-5-4-11-25(27)33)38-31(36-28)35-23-13-14-29(26(34)16-23)41-19-22-9-7-15-39(3)18-22/h4-6,8,10-14,16-17,22H,7,9,15,18-19H2,1-3H3,(H,37,40)(H,35,36,38). The number of nitrogens with zero attached hydrogens (tertiary/aromatic N) is 3. The summed E-state index contributed by atoms with van der Waals surface area (Å²) in [5.41, 5.74) is 4.30. The van der Waals surface area contributed by atoms with Crippen LogP contribution >= 0.6 is 11.6 Å². The maximum absolute atomic E-state index is 15.0. The molecule has 8 nitrogen and oxygen atoms in total. The molecule has 0 aliphatic carbocycles. The van der Waals surface area contributed by atoms with E-state index in [1.165, 1.54) is 6.07 Å². The van der Waals surface area contributed by atoms with Crippen LogP contribution in [0, 0.1) is 25.6 Å². The van der Waals surface area contributed by atoms with Crippen molar-refractivity contribution in [3.8, 4) is 22.9 Å². The third kappa shape index (κ3) is 7.35. The lowest BCUT2D eigenvalue weighted by Crippen LogP contribution is -2.34. The summed E-state index contributed by atoms with van der Waals surface area (Å²) in [6.07, 6.45) is 1.42. The summed E-state index contributed by atoms with van der Waals surface area (Å²) in [5.74, 6) is 0.207. The second-order valence-electron chi connectivity index (χ2n) is 10.5. The van der Waals surface area contributed by atoms with Crippen molar-refractivity contribution < 1.29 is 18.7 Å². The van der Waals surface area contributed by atoms with Gasteiger partial charge in [0.1, 0.15) is 0 Å². The third-order valence-electron chi connectivity index (χ3n) is 7.28. The molecule has 1 amide bonds. The second-order valence-corrected chi connectivity index (χ2v) is 10.9. The molecule has 1 unspecified atom stereocenters. The molecule has 218 valence electrons. The maximum atomic E-state index is 15.0. The number of aromatic nitrogens is 2. The smallest absolute Gasteiger partial charge is 0.418 e. The van der Waals surface area contributed by atoms with Crippen molar-refractivity contribution in [2.75, 3.05) is 37.4 Å². The van der Waals surface area contributed by atoms with Crippen LogP contribution in [0.3, 0.4) is 0 Å². The highest BCUT2D eigenvalue weighted by atomic mass is 35.5. The number of rotatable bonds is 8. The zero-order valence-corrected chi connectivity index (χ0v) is 24.5. The topological polar surface area (TPSA) is 88.6 Å². The summed E-state index contributed by atoms with van der Waals surface area (Å²) in [4.78, 5) is 24.0. The summed E-state index contributed by atoms with van der Waals surface area (Å²) in [6.45, 7) is 6.48. The Hall–Kier alpha value is -4.21. The van der Waals surface area contributed by atoms with Gasteiger partial charge in [-0.05, 0) is 75.7 Å². The van der Waals surface area contributed by atoms with Gasteiger partial charge in [0.05, 0.1) is 23.0 Å². The molecule has 2 heterocycles. The van der Waals surface area contributed by atoms with Gasteiger partial charge >= 0.3 is 6.09 Å². The normalized spacial score (nSPS) is 15.2. The van der Waals surface area contributed by atoms with Crippen LogP contribution in [0.4, 0.5) is 26.5 Å². The molecule has 2 N–H and O–H groups in total. The largest absolute Gasteiger partial charge is 0.490 e. The van der Waals surface area contributed by atoms with Crippen molar-refractivity contribution in [1.29, 1.82) is 0 Å². The highest BCUT2D eigenvalue weighted by Crippen LogP contribution is 2.30. The number of para-hydroxylation sites is 1. The van der Waals surface area contributed by atoms with Crippen LogP contribution in [0.25, 0.3) is 11.3 Å². The molecule has 0 spiro atoms. The van der Waals surface area contributed by atoms with Crippen molar-refractivity contribution in [1.82, 2.24) is 14.9 Å². The number of carbonyl (C=O) groups is 1. The first kappa shape index (κ1) is 29.3. The minimum atomic E-state index is -0.767.